The Hall–Kier alpha value is -3.18. The zero-order valence-corrected chi connectivity index (χ0v) is 21.5. The molecule has 0 spiro atoms. The Labute approximate surface area is 210 Å². The molecule has 1 amide bonds. The Morgan fingerprint density at radius 2 is 1.86 bits per heavy atom. The molecule has 0 radical (unpaired) electrons. The maximum absolute atomic E-state index is 12.3. The third-order valence-corrected chi connectivity index (χ3v) is 6.40. The van der Waals surface area contributed by atoms with Crippen molar-refractivity contribution in [1.29, 1.82) is 0 Å². The Kier molecular flexibility index (Phi) is 8.19. The zero-order valence-electron chi connectivity index (χ0n) is 20.7. The van der Waals surface area contributed by atoms with Gasteiger partial charge in [-0.05, 0) is 63.3 Å². The van der Waals surface area contributed by atoms with Crippen molar-refractivity contribution in [2.24, 2.45) is 0 Å². The molecule has 1 fully saturated rings. The van der Waals surface area contributed by atoms with E-state index in [9.17, 15) is 4.79 Å². The standard InChI is InChI=1S/C24H33N9OS/c1-5-6-18-15-20(31-30-18)26-22-27-23(33-13-11-32(4)12-14-33)29-24(28-22)35-19-9-7-17(8-10-19)21(34)25-16(2)3/h7-10,15-16H,5-6,11-14H2,1-4H3,(H,25,34)(H2,26,27,28,29,30,31). The molecule has 0 bridgehead atoms. The molecule has 0 atom stereocenters. The third-order valence-electron chi connectivity index (χ3n) is 5.52. The minimum Gasteiger partial charge on any atom is -0.350 e. The number of aromatic amines is 1. The van der Waals surface area contributed by atoms with E-state index < -0.39 is 0 Å². The summed E-state index contributed by atoms with van der Waals surface area (Å²) in [5.41, 5.74) is 1.69. The highest BCUT2D eigenvalue weighted by Crippen LogP contribution is 2.28. The van der Waals surface area contributed by atoms with Crippen molar-refractivity contribution in [2.75, 3.05) is 43.4 Å². The van der Waals surface area contributed by atoms with Gasteiger partial charge >= 0.3 is 0 Å². The number of likely N-dealkylation sites (N-methyl/N-ethyl adjacent to an activating group) is 1. The van der Waals surface area contributed by atoms with Gasteiger partial charge in [-0.25, -0.2) is 0 Å². The van der Waals surface area contributed by atoms with Crippen LogP contribution in [0.2, 0.25) is 0 Å². The van der Waals surface area contributed by atoms with Gasteiger partial charge in [0.2, 0.25) is 11.9 Å². The molecule has 186 valence electrons. The number of hydrogen-bond acceptors (Lipinski definition) is 9. The van der Waals surface area contributed by atoms with Gasteiger partial charge in [-0.1, -0.05) is 13.3 Å². The number of benzene rings is 1. The van der Waals surface area contributed by atoms with Crippen molar-refractivity contribution in [1.82, 2.24) is 35.4 Å². The highest BCUT2D eigenvalue weighted by molar-refractivity contribution is 7.99. The fraction of sp³-hybridized carbons (Fsp3) is 0.458. The minimum absolute atomic E-state index is 0.0815. The SMILES string of the molecule is CCCc1cc(Nc2nc(Sc3ccc(C(=O)NC(C)C)cc3)nc(N3CCN(C)CC3)n2)n[nH]1. The van der Waals surface area contributed by atoms with E-state index in [-0.39, 0.29) is 11.9 Å². The van der Waals surface area contributed by atoms with Crippen molar-refractivity contribution in [3.63, 3.8) is 0 Å². The van der Waals surface area contributed by atoms with Crippen LogP contribution >= 0.6 is 11.8 Å². The van der Waals surface area contributed by atoms with Gasteiger partial charge in [0.25, 0.3) is 5.91 Å². The fourth-order valence-corrected chi connectivity index (χ4v) is 4.40. The Balaban J connectivity index is 1.55. The lowest BCUT2D eigenvalue weighted by Crippen LogP contribution is -2.45. The molecule has 3 aromatic rings. The van der Waals surface area contributed by atoms with Gasteiger partial charge in [0.05, 0.1) is 0 Å². The summed E-state index contributed by atoms with van der Waals surface area (Å²) >= 11 is 1.44. The number of carbonyl (C=O) groups excluding carboxylic acids is 1. The predicted octanol–water partition coefficient (Wildman–Crippen LogP) is 3.33. The molecule has 0 aliphatic carbocycles. The summed E-state index contributed by atoms with van der Waals surface area (Å²) in [5, 5.41) is 14.1. The summed E-state index contributed by atoms with van der Waals surface area (Å²) < 4.78 is 0. The lowest BCUT2D eigenvalue weighted by atomic mass is 10.2. The fourth-order valence-electron chi connectivity index (χ4n) is 3.66. The van der Waals surface area contributed by atoms with Gasteiger partial charge in [0, 0.05) is 54.4 Å². The van der Waals surface area contributed by atoms with E-state index in [0.717, 1.165) is 49.6 Å². The van der Waals surface area contributed by atoms with E-state index in [0.29, 0.717) is 28.4 Å². The van der Waals surface area contributed by atoms with Crippen LogP contribution in [-0.4, -0.2) is 75.2 Å². The van der Waals surface area contributed by atoms with Crippen LogP contribution in [0.1, 0.15) is 43.2 Å². The van der Waals surface area contributed by atoms with E-state index in [1.807, 2.05) is 44.2 Å². The van der Waals surface area contributed by atoms with Crippen molar-refractivity contribution < 1.29 is 4.79 Å². The van der Waals surface area contributed by atoms with E-state index in [2.05, 4.69) is 49.6 Å². The topological polar surface area (TPSA) is 115 Å². The van der Waals surface area contributed by atoms with E-state index in [1.54, 1.807) is 0 Å². The normalized spacial score (nSPS) is 14.4. The lowest BCUT2D eigenvalue weighted by Gasteiger charge is -2.32. The summed E-state index contributed by atoms with van der Waals surface area (Å²) in [6.07, 6.45) is 1.98. The van der Waals surface area contributed by atoms with Crippen LogP contribution in [0.3, 0.4) is 0 Å². The van der Waals surface area contributed by atoms with Gasteiger partial charge in [-0.2, -0.15) is 20.1 Å². The van der Waals surface area contributed by atoms with Crippen LogP contribution in [0.4, 0.5) is 17.7 Å². The number of nitrogens with one attached hydrogen (secondary N) is 3. The molecule has 4 rings (SSSR count). The number of carbonyl (C=O) groups is 1. The largest absolute Gasteiger partial charge is 0.350 e. The number of rotatable bonds is 9. The number of aromatic nitrogens is 5. The van der Waals surface area contributed by atoms with Crippen LogP contribution in [0.15, 0.2) is 40.4 Å². The molecule has 3 N–H and O–H groups in total. The molecule has 1 aliphatic rings. The maximum atomic E-state index is 12.3. The highest BCUT2D eigenvalue weighted by atomic mass is 32.2. The van der Waals surface area contributed by atoms with Crippen LogP contribution in [0.25, 0.3) is 0 Å². The van der Waals surface area contributed by atoms with Gasteiger partial charge in [-0.3, -0.25) is 9.89 Å². The highest BCUT2D eigenvalue weighted by Gasteiger charge is 2.19. The average Bonchev–Trinajstić information content (AvgIpc) is 3.26. The summed E-state index contributed by atoms with van der Waals surface area (Å²) in [6, 6.07) is 9.54. The van der Waals surface area contributed by atoms with Gasteiger partial charge in [-0.15, -0.1) is 0 Å². The quantitative estimate of drug-likeness (QED) is 0.411. The Morgan fingerprint density at radius 3 is 2.54 bits per heavy atom. The summed E-state index contributed by atoms with van der Waals surface area (Å²) in [6.45, 7) is 9.64. The van der Waals surface area contributed by atoms with E-state index >= 15 is 0 Å². The lowest BCUT2D eigenvalue weighted by molar-refractivity contribution is 0.0943. The first-order valence-electron chi connectivity index (χ1n) is 12.0. The molecular weight excluding hydrogens is 462 g/mol. The molecule has 1 aromatic carbocycles. The number of hydrogen-bond donors (Lipinski definition) is 3. The molecular formula is C24H33N9OS. The average molecular weight is 496 g/mol. The number of anilines is 3. The predicted molar refractivity (Wildman–Crippen MR) is 139 cm³/mol. The minimum atomic E-state index is -0.0815. The maximum Gasteiger partial charge on any atom is 0.251 e. The number of piperazine rings is 1. The second-order valence-corrected chi connectivity index (χ2v) is 9.98. The first-order chi connectivity index (χ1) is 16.9. The number of amides is 1. The number of nitrogens with zero attached hydrogens (tertiary/aromatic N) is 6. The number of aryl methyl sites for hydroxylation is 1. The Bertz CT molecular complexity index is 1120. The van der Waals surface area contributed by atoms with Crippen LogP contribution in [-0.2, 0) is 6.42 Å². The molecule has 1 saturated heterocycles. The summed E-state index contributed by atoms with van der Waals surface area (Å²) in [5.74, 6) is 1.71. The monoisotopic (exact) mass is 495 g/mol. The molecule has 2 aromatic heterocycles. The third kappa shape index (κ3) is 6.92. The van der Waals surface area contributed by atoms with E-state index in [4.69, 9.17) is 9.97 Å². The van der Waals surface area contributed by atoms with Crippen molar-refractivity contribution in [3.8, 4) is 0 Å². The first-order valence-corrected chi connectivity index (χ1v) is 12.8. The van der Waals surface area contributed by atoms with Crippen molar-refractivity contribution in [2.45, 2.75) is 49.7 Å². The summed E-state index contributed by atoms with van der Waals surface area (Å²) in [4.78, 5) is 31.8. The molecule has 10 nitrogen and oxygen atoms in total. The van der Waals surface area contributed by atoms with Crippen LogP contribution in [0.5, 0.6) is 0 Å². The van der Waals surface area contributed by atoms with Gasteiger partial charge in [0.15, 0.2) is 11.0 Å². The molecule has 35 heavy (non-hydrogen) atoms. The van der Waals surface area contributed by atoms with Crippen LogP contribution < -0.4 is 15.5 Å². The van der Waals surface area contributed by atoms with E-state index in [1.165, 1.54) is 11.8 Å². The molecule has 0 unspecified atom stereocenters. The molecule has 11 heteroatoms. The second-order valence-electron chi connectivity index (χ2n) is 8.94. The number of H-pyrrole nitrogens is 1. The second kappa shape index (κ2) is 11.5. The smallest absolute Gasteiger partial charge is 0.251 e. The summed E-state index contributed by atoms with van der Waals surface area (Å²) in [7, 11) is 2.12. The zero-order chi connectivity index (χ0) is 24.8. The van der Waals surface area contributed by atoms with Crippen molar-refractivity contribution in [3.05, 3.63) is 41.6 Å². The molecule has 1 aliphatic heterocycles. The van der Waals surface area contributed by atoms with Crippen molar-refractivity contribution >= 4 is 35.4 Å². The molecule has 0 saturated carbocycles. The first kappa shape index (κ1) is 24.9. The van der Waals surface area contributed by atoms with Gasteiger partial charge in [0.1, 0.15) is 0 Å². The molecule has 3 heterocycles. The Morgan fingerprint density at radius 1 is 1.11 bits per heavy atom. The van der Waals surface area contributed by atoms with Gasteiger partial charge < -0.3 is 20.4 Å². The van der Waals surface area contributed by atoms with Crippen LogP contribution in [0, 0.1) is 0 Å².